The Bertz CT molecular complexity index is 1860. The Balaban J connectivity index is 1.46. The third kappa shape index (κ3) is 4.32. The Morgan fingerprint density at radius 3 is 2.43 bits per heavy atom. The fourth-order valence-electron chi connectivity index (χ4n) is 5.62. The molecule has 0 saturated heterocycles. The predicted molar refractivity (Wildman–Crippen MR) is 168 cm³/mol. The van der Waals surface area contributed by atoms with E-state index in [0.29, 0.717) is 18.3 Å². The van der Waals surface area contributed by atoms with Crippen LogP contribution in [0.1, 0.15) is 40.9 Å². The molecule has 4 heterocycles. The van der Waals surface area contributed by atoms with E-state index in [9.17, 15) is 0 Å². The zero-order valence-electron chi connectivity index (χ0n) is 24.0. The second-order valence-corrected chi connectivity index (χ2v) is 10.5. The van der Waals surface area contributed by atoms with Crippen molar-refractivity contribution in [2.45, 2.75) is 33.7 Å². The fourth-order valence-corrected chi connectivity index (χ4v) is 5.62. The molecule has 2 aliphatic rings. The van der Waals surface area contributed by atoms with Crippen LogP contribution in [-0.4, -0.2) is 33.0 Å². The molecule has 1 atom stereocenters. The minimum atomic E-state index is -0.214. The minimum Gasteiger partial charge on any atom is -0.494 e. The first-order valence-corrected chi connectivity index (χ1v) is 14.2. The lowest BCUT2D eigenvalue weighted by atomic mass is 9.93. The SMILES string of the molecule is CCOc1ccc(C2c3c(C)nn(-c4ccccn4)c3N=C3C(Nc4ccc(C)c(C)c4)=Nc4ccccc4N32)cc1. The Hall–Kier alpha value is -5.24. The molecular formula is C34H31N7O. The van der Waals surface area contributed by atoms with E-state index in [2.05, 4.69) is 65.4 Å². The number of anilines is 2. The highest BCUT2D eigenvalue weighted by Crippen LogP contribution is 2.48. The van der Waals surface area contributed by atoms with Gasteiger partial charge in [-0.2, -0.15) is 9.78 Å². The molecule has 0 amide bonds. The highest BCUT2D eigenvalue weighted by Gasteiger charge is 2.41. The molecule has 2 aromatic heterocycles. The number of rotatable bonds is 5. The Kier molecular flexibility index (Phi) is 6.31. The number of hydrogen-bond acceptors (Lipinski definition) is 7. The molecule has 208 valence electrons. The van der Waals surface area contributed by atoms with Crippen molar-refractivity contribution in [1.82, 2.24) is 14.8 Å². The van der Waals surface area contributed by atoms with Gasteiger partial charge in [0.1, 0.15) is 5.75 Å². The number of aryl methyl sites for hydroxylation is 3. The number of benzene rings is 3. The van der Waals surface area contributed by atoms with Crippen molar-refractivity contribution in [2.75, 3.05) is 16.8 Å². The summed E-state index contributed by atoms with van der Waals surface area (Å²) in [6.07, 6.45) is 1.77. The van der Waals surface area contributed by atoms with Gasteiger partial charge in [0.25, 0.3) is 0 Å². The number of fused-ring (bicyclic) bond motifs is 4. The summed E-state index contributed by atoms with van der Waals surface area (Å²) in [6.45, 7) is 8.88. The number of hydrogen-bond donors (Lipinski definition) is 1. The first-order valence-electron chi connectivity index (χ1n) is 14.2. The Labute approximate surface area is 245 Å². The summed E-state index contributed by atoms with van der Waals surface area (Å²) in [5, 5.41) is 8.56. The van der Waals surface area contributed by atoms with E-state index in [1.54, 1.807) is 6.20 Å². The van der Waals surface area contributed by atoms with Crippen LogP contribution in [0.3, 0.4) is 0 Å². The molecule has 3 aromatic carbocycles. The van der Waals surface area contributed by atoms with Gasteiger partial charge in [-0.25, -0.2) is 15.0 Å². The number of nitrogens with zero attached hydrogens (tertiary/aromatic N) is 6. The van der Waals surface area contributed by atoms with Gasteiger partial charge in [0.15, 0.2) is 23.3 Å². The van der Waals surface area contributed by atoms with Crippen LogP contribution in [-0.2, 0) is 0 Å². The molecule has 2 aliphatic heterocycles. The quantitative estimate of drug-likeness (QED) is 0.246. The van der Waals surface area contributed by atoms with Crippen molar-refractivity contribution in [2.24, 2.45) is 9.98 Å². The summed E-state index contributed by atoms with van der Waals surface area (Å²) in [6, 6.07) is 28.5. The molecule has 0 fully saturated rings. The number of nitrogens with one attached hydrogen (secondary N) is 1. The maximum Gasteiger partial charge on any atom is 0.179 e. The standard InChI is InChI=1S/C34H31N7O/c1-5-42-26-17-14-24(15-18-26)31-30-23(4)39-41(29-12-8-9-19-35-29)33(30)38-34-32(36-25-16-13-21(2)22(3)20-25)37-27-10-6-7-11-28(27)40(31)34/h6-20,31H,5H2,1-4H3,(H,36,37). The summed E-state index contributed by atoms with van der Waals surface area (Å²) >= 11 is 0. The van der Waals surface area contributed by atoms with Crippen molar-refractivity contribution < 1.29 is 4.74 Å². The van der Waals surface area contributed by atoms with Crippen LogP contribution in [0.25, 0.3) is 5.82 Å². The van der Waals surface area contributed by atoms with Crippen LogP contribution in [0.2, 0.25) is 0 Å². The first-order chi connectivity index (χ1) is 20.5. The maximum atomic E-state index is 5.78. The highest BCUT2D eigenvalue weighted by molar-refractivity contribution is 6.51. The van der Waals surface area contributed by atoms with Gasteiger partial charge in [-0.15, -0.1) is 0 Å². The number of aromatic nitrogens is 3. The molecule has 7 rings (SSSR count). The van der Waals surface area contributed by atoms with Crippen molar-refractivity contribution in [3.63, 3.8) is 0 Å². The van der Waals surface area contributed by atoms with E-state index >= 15 is 0 Å². The molecule has 1 N–H and O–H groups in total. The summed E-state index contributed by atoms with van der Waals surface area (Å²) in [4.78, 5) is 17.3. The van der Waals surface area contributed by atoms with E-state index in [-0.39, 0.29) is 6.04 Å². The first kappa shape index (κ1) is 25.7. The number of amidine groups is 2. The molecule has 8 heteroatoms. The van der Waals surface area contributed by atoms with Crippen molar-refractivity contribution >= 4 is 34.6 Å². The molecule has 0 spiro atoms. The molecule has 8 nitrogen and oxygen atoms in total. The van der Waals surface area contributed by atoms with E-state index in [0.717, 1.165) is 51.3 Å². The molecule has 1 unspecified atom stereocenters. The summed E-state index contributed by atoms with van der Waals surface area (Å²) < 4.78 is 7.61. The van der Waals surface area contributed by atoms with E-state index < -0.39 is 0 Å². The lowest BCUT2D eigenvalue weighted by Crippen LogP contribution is -2.46. The van der Waals surface area contributed by atoms with Gasteiger partial charge >= 0.3 is 0 Å². The van der Waals surface area contributed by atoms with Crippen molar-refractivity contribution in [1.29, 1.82) is 0 Å². The van der Waals surface area contributed by atoms with Crippen LogP contribution in [0.5, 0.6) is 5.75 Å². The maximum absolute atomic E-state index is 5.78. The molecule has 42 heavy (non-hydrogen) atoms. The fraction of sp³-hybridized carbons (Fsp3) is 0.176. The number of para-hydroxylation sites is 2. The number of aliphatic imine (C=N–C) groups is 2. The predicted octanol–water partition coefficient (Wildman–Crippen LogP) is 7.39. The van der Waals surface area contributed by atoms with Crippen molar-refractivity contribution in [3.05, 3.63) is 119 Å². The van der Waals surface area contributed by atoms with Crippen LogP contribution >= 0.6 is 0 Å². The molecular weight excluding hydrogens is 522 g/mol. The zero-order chi connectivity index (χ0) is 28.8. The third-order valence-electron chi connectivity index (χ3n) is 7.78. The van der Waals surface area contributed by atoms with E-state index in [1.807, 2.05) is 67.1 Å². The normalized spacial score (nSPS) is 15.2. The molecule has 0 bridgehead atoms. The van der Waals surface area contributed by atoms with Gasteiger partial charge in [-0.05, 0) is 92.9 Å². The van der Waals surface area contributed by atoms with E-state index in [1.165, 1.54) is 11.1 Å². The number of pyridine rings is 1. The Morgan fingerprint density at radius 2 is 1.67 bits per heavy atom. The number of ether oxygens (including phenoxy) is 1. The molecule has 5 aromatic rings. The smallest absolute Gasteiger partial charge is 0.179 e. The van der Waals surface area contributed by atoms with Gasteiger partial charge in [0, 0.05) is 17.4 Å². The largest absolute Gasteiger partial charge is 0.494 e. The monoisotopic (exact) mass is 553 g/mol. The molecule has 0 saturated carbocycles. The van der Waals surface area contributed by atoms with Gasteiger partial charge in [-0.1, -0.05) is 36.4 Å². The topological polar surface area (TPSA) is 79.9 Å². The van der Waals surface area contributed by atoms with Gasteiger partial charge in [0.05, 0.1) is 29.7 Å². The van der Waals surface area contributed by atoms with Gasteiger partial charge in [-0.3, -0.25) is 0 Å². The van der Waals surface area contributed by atoms with Crippen molar-refractivity contribution in [3.8, 4) is 11.6 Å². The summed E-state index contributed by atoms with van der Waals surface area (Å²) in [7, 11) is 0. The summed E-state index contributed by atoms with van der Waals surface area (Å²) in [5.41, 5.74) is 8.26. The van der Waals surface area contributed by atoms with Gasteiger partial charge in [0.2, 0.25) is 0 Å². The minimum absolute atomic E-state index is 0.214. The van der Waals surface area contributed by atoms with Crippen LogP contribution in [0.15, 0.2) is 101 Å². The lowest BCUT2D eigenvalue weighted by molar-refractivity contribution is 0.340. The van der Waals surface area contributed by atoms with Crippen LogP contribution in [0, 0.1) is 20.8 Å². The average molecular weight is 554 g/mol. The second-order valence-electron chi connectivity index (χ2n) is 10.5. The van der Waals surface area contributed by atoms with Gasteiger partial charge < -0.3 is 15.0 Å². The Morgan fingerprint density at radius 1 is 0.857 bits per heavy atom. The summed E-state index contributed by atoms with van der Waals surface area (Å²) in [5.74, 6) is 3.68. The molecule has 0 radical (unpaired) electrons. The lowest BCUT2D eigenvalue weighted by Gasteiger charge is -2.40. The highest BCUT2D eigenvalue weighted by atomic mass is 16.5. The third-order valence-corrected chi connectivity index (χ3v) is 7.78. The van der Waals surface area contributed by atoms with Crippen LogP contribution < -0.4 is 15.0 Å². The molecule has 0 aliphatic carbocycles. The average Bonchev–Trinajstić information content (AvgIpc) is 3.35. The second kappa shape index (κ2) is 10.3. The zero-order valence-corrected chi connectivity index (χ0v) is 24.0. The van der Waals surface area contributed by atoms with Crippen LogP contribution in [0.4, 0.5) is 22.9 Å². The van der Waals surface area contributed by atoms with E-state index in [4.69, 9.17) is 19.8 Å².